The number of anilines is 1. The van der Waals surface area contributed by atoms with Crippen LogP contribution in [-0.4, -0.2) is 18.2 Å². The van der Waals surface area contributed by atoms with Gasteiger partial charge in [-0.2, -0.15) is 13.5 Å². The number of nitrogens with zero attached hydrogens (tertiary/aromatic N) is 2. The van der Waals surface area contributed by atoms with E-state index in [1.807, 2.05) is 25.1 Å². The predicted molar refractivity (Wildman–Crippen MR) is 95.2 cm³/mol. The van der Waals surface area contributed by atoms with Crippen molar-refractivity contribution in [3.63, 3.8) is 0 Å². The SMILES string of the molecule is CCc1c(NS(=O)(=O)c2ccc(Br)o2)cnn1-c1ccccc1Cl. The summed E-state index contributed by atoms with van der Waals surface area (Å²) in [5.74, 6) is 0. The Bertz CT molecular complexity index is 982. The van der Waals surface area contributed by atoms with E-state index in [0.717, 1.165) is 0 Å². The van der Waals surface area contributed by atoms with E-state index in [1.165, 1.54) is 18.3 Å². The molecule has 0 saturated carbocycles. The average molecular weight is 431 g/mol. The molecule has 0 fully saturated rings. The molecule has 0 unspecified atom stereocenters. The van der Waals surface area contributed by atoms with Crippen LogP contribution in [0.4, 0.5) is 5.69 Å². The van der Waals surface area contributed by atoms with Crippen molar-refractivity contribution in [1.82, 2.24) is 9.78 Å². The molecule has 0 saturated heterocycles. The molecule has 0 spiro atoms. The molecule has 0 radical (unpaired) electrons. The molecule has 6 nitrogen and oxygen atoms in total. The van der Waals surface area contributed by atoms with Gasteiger partial charge in [-0.3, -0.25) is 4.72 Å². The fraction of sp³-hybridized carbons (Fsp3) is 0.133. The van der Waals surface area contributed by atoms with E-state index in [9.17, 15) is 8.42 Å². The number of sulfonamides is 1. The number of hydrogen-bond donors (Lipinski definition) is 1. The van der Waals surface area contributed by atoms with Crippen molar-refractivity contribution < 1.29 is 12.8 Å². The Morgan fingerprint density at radius 2 is 2.04 bits per heavy atom. The summed E-state index contributed by atoms with van der Waals surface area (Å²) in [6.07, 6.45) is 2.02. The van der Waals surface area contributed by atoms with E-state index >= 15 is 0 Å². The average Bonchev–Trinajstić information content (AvgIpc) is 3.14. The van der Waals surface area contributed by atoms with Crippen LogP contribution in [0.2, 0.25) is 5.02 Å². The quantitative estimate of drug-likeness (QED) is 0.656. The molecule has 3 rings (SSSR count). The highest BCUT2D eigenvalue weighted by atomic mass is 79.9. The second-order valence-corrected chi connectivity index (χ2v) is 7.69. The van der Waals surface area contributed by atoms with Crippen molar-refractivity contribution in [2.24, 2.45) is 0 Å². The number of aromatic nitrogens is 2. The molecule has 0 atom stereocenters. The van der Waals surface area contributed by atoms with Gasteiger partial charge in [0.25, 0.3) is 10.0 Å². The maximum Gasteiger partial charge on any atom is 0.295 e. The van der Waals surface area contributed by atoms with Crippen LogP contribution < -0.4 is 4.72 Å². The molecule has 0 aliphatic rings. The molecule has 0 aliphatic carbocycles. The van der Waals surface area contributed by atoms with Gasteiger partial charge < -0.3 is 4.42 Å². The van der Waals surface area contributed by atoms with Crippen molar-refractivity contribution >= 4 is 43.2 Å². The monoisotopic (exact) mass is 429 g/mol. The Hall–Kier alpha value is -1.77. The fourth-order valence-corrected chi connectivity index (χ4v) is 3.90. The van der Waals surface area contributed by atoms with Gasteiger partial charge in [-0.25, -0.2) is 4.68 Å². The topological polar surface area (TPSA) is 77.1 Å². The van der Waals surface area contributed by atoms with Crippen LogP contribution >= 0.6 is 27.5 Å². The van der Waals surface area contributed by atoms with Gasteiger partial charge in [0.05, 0.1) is 28.3 Å². The van der Waals surface area contributed by atoms with E-state index in [0.29, 0.717) is 33.2 Å². The van der Waals surface area contributed by atoms with Crippen molar-refractivity contribution in [2.45, 2.75) is 18.4 Å². The highest BCUT2D eigenvalue weighted by molar-refractivity contribution is 9.10. The number of rotatable bonds is 5. The Morgan fingerprint density at radius 1 is 1.29 bits per heavy atom. The zero-order valence-corrected chi connectivity index (χ0v) is 15.7. The molecule has 2 aromatic heterocycles. The predicted octanol–water partition coefficient (Wildman–Crippen LogP) is 4.24. The number of hydrogen-bond acceptors (Lipinski definition) is 4. The first-order chi connectivity index (χ1) is 11.4. The molecule has 1 aromatic carbocycles. The zero-order chi connectivity index (χ0) is 17.3. The molecule has 3 aromatic rings. The Labute approximate surface area is 152 Å². The first kappa shape index (κ1) is 17.1. The zero-order valence-electron chi connectivity index (χ0n) is 12.5. The molecule has 1 N–H and O–H groups in total. The molecule has 0 aliphatic heterocycles. The third kappa shape index (κ3) is 3.22. The van der Waals surface area contributed by atoms with Gasteiger partial charge in [-0.1, -0.05) is 30.7 Å². The fourth-order valence-electron chi connectivity index (χ4n) is 2.27. The van der Waals surface area contributed by atoms with Crippen LogP contribution in [-0.2, 0) is 16.4 Å². The van der Waals surface area contributed by atoms with Gasteiger partial charge in [0.1, 0.15) is 0 Å². The summed E-state index contributed by atoms with van der Waals surface area (Å²) in [5, 5.41) is 4.62. The van der Waals surface area contributed by atoms with Crippen LogP contribution in [0.1, 0.15) is 12.6 Å². The van der Waals surface area contributed by atoms with Gasteiger partial charge in [0.15, 0.2) is 4.67 Å². The number of benzene rings is 1. The van der Waals surface area contributed by atoms with Gasteiger partial charge in [-0.15, -0.1) is 0 Å². The molecule has 126 valence electrons. The second-order valence-electron chi connectivity index (χ2n) is 4.89. The largest absolute Gasteiger partial charge is 0.436 e. The Balaban J connectivity index is 2.00. The summed E-state index contributed by atoms with van der Waals surface area (Å²) in [6, 6.07) is 10.1. The van der Waals surface area contributed by atoms with E-state index < -0.39 is 10.0 Å². The summed E-state index contributed by atoms with van der Waals surface area (Å²) < 4.78 is 34.4. The van der Waals surface area contributed by atoms with Crippen LogP contribution in [0.15, 0.2) is 56.8 Å². The normalized spacial score (nSPS) is 11.6. The number of nitrogens with one attached hydrogen (secondary N) is 1. The third-order valence-electron chi connectivity index (χ3n) is 3.34. The van der Waals surface area contributed by atoms with Gasteiger partial charge in [-0.05, 0) is 46.6 Å². The lowest BCUT2D eigenvalue weighted by Gasteiger charge is -2.10. The summed E-state index contributed by atoms with van der Waals surface area (Å²) in [5.41, 5.74) is 1.75. The lowest BCUT2D eigenvalue weighted by molar-refractivity contribution is 0.433. The van der Waals surface area contributed by atoms with E-state index in [4.69, 9.17) is 16.0 Å². The third-order valence-corrected chi connectivity index (χ3v) is 5.33. The summed E-state index contributed by atoms with van der Waals surface area (Å²) in [4.78, 5) is 0. The molecule has 0 amide bonds. The Kier molecular flexibility index (Phi) is 4.71. The smallest absolute Gasteiger partial charge is 0.295 e. The highest BCUT2D eigenvalue weighted by Crippen LogP contribution is 2.27. The van der Waals surface area contributed by atoms with Crippen LogP contribution in [0.5, 0.6) is 0 Å². The lowest BCUT2D eigenvalue weighted by Crippen LogP contribution is -2.13. The minimum Gasteiger partial charge on any atom is -0.436 e. The van der Waals surface area contributed by atoms with E-state index in [1.54, 1.807) is 10.7 Å². The van der Waals surface area contributed by atoms with Crippen LogP contribution in [0.25, 0.3) is 5.69 Å². The minimum absolute atomic E-state index is 0.179. The summed E-state index contributed by atoms with van der Waals surface area (Å²) in [6.45, 7) is 1.91. The van der Waals surface area contributed by atoms with Crippen molar-refractivity contribution in [3.8, 4) is 5.69 Å². The summed E-state index contributed by atoms with van der Waals surface area (Å²) >= 11 is 9.30. The van der Waals surface area contributed by atoms with Crippen molar-refractivity contribution in [1.29, 1.82) is 0 Å². The van der Waals surface area contributed by atoms with Crippen LogP contribution in [0.3, 0.4) is 0 Å². The standard InChI is InChI=1S/C15H13BrClN3O3S/c1-2-12-11(19-24(21,22)15-8-7-14(16)23-15)9-18-20(12)13-6-4-3-5-10(13)17/h3-9,19H,2H2,1H3. The van der Waals surface area contributed by atoms with Gasteiger partial charge in [0.2, 0.25) is 5.09 Å². The maximum atomic E-state index is 12.4. The molecule has 2 heterocycles. The van der Waals surface area contributed by atoms with Crippen LogP contribution in [0, 0.1) is 0 Å². The number of para-hydroxylation sites is 1. The first-order valence-electron chi connectivity index (χ1n) is 7.02. The minimum atomic E-state index is -3.84. The molecular formula is C15H13BrClN3O3S. The Morgan fingerprint density at radius 3 is 2.67 bits per heavy atom. The molecule has 9 heteroatoms. The number of furan rings is 1. The maximum absolute atomic E-state index is 12.4. The van der Waals surface area contributed by atoms with E-state index in [-0.39, 0.29) is 5.09 Å². The van der Waals surface area contributed by atoms with Gasteiger partial charge >= 0.3 is 0 Å². The summed E-state index contributed by atoms with van der Waals surface area (Å²) in [7, 11) is -3.84. The van der Waals surface area contributed by atoms with E-state index in [2.05, 4.69) is 25.8 Å². The molecule has 0 bridgehead atoms. The lowest BCUT2D eigenvalue weighted by atomic mass is 10.2. The molecular weight excluding hydrogens is 418 g/mol. The first-order valence-corrected chi connectivity index (χ1v) is 9.67. The number of halogens is 2. The van der Waals surface area contributed by atoms with Gasteiger partial charge in [0, 0.05) is 0 Å². The highest BCUT2D eigenvalue weighted by Gasteiger charge is 2.22. The molecule has 24 heavy (non-hydrogen) atoms. The second kappa shape index (κ2) is 6.62. The van der Waals surface area contributed by atoms with Crippen molar-refractivity contribution in [2.75, 3.05) is 4.72 Å². The van der Waals surface area contributed by atoms with Crippen molar-refractivity contribution in [3.05, 3.63) is 58.0 Å².